The van der Waals surface area contributed by atoms with Gasteiger partial charge in [-0.2, -0.15) is 0 Å². The van der Waals surface area contributed by atoms with Crippen LogP contribution in [0.1, 0.15) is 23.2 Å². The molecule has 1 aliphatic heterocycles. The minimum atomic E-state index is -0.371. The highest BCUT2D eigenvalue weighted by atomic mass is 16.6. The normalized spacial score (nSPS) is 27.1. The Kier molecular flexibility index (Phi) is 5.00. The number of methoxy groups -OCH3 is 2. The van der Waals surface area contributed by atoms with Gasteiger partial charge in [-0.15, -0.1) is 0 Å². The molecule has 0 radical (unpaired) electrons. The fourth-order valence-corrected chi connectivity index (χ4v) is 5.43. The van der Waals surface area contributed by atoms with E-state index in [1.54, 1.807) is 49.6 Å². The number of anilines is 2. The molecule has 1 heterocycles. The molecule has 2 saturated carbocycles. The molecule has 3 fully saturated rings. The van der Waals surface area contributed by atoms with Crippen LogP contribution in [-0.2, 0) is 14.3 Å². The van der Waals surface area contributed by atoms with E-state index in [4.69, 9.17) is 14.2 Å². The van der Waals surface area contributed by atoms with Gasteiger partial charge in [0.1, 0.15) is 17.6 Å². The zero-order chi connectivity index (χ0) is 22.4. The maximum Gasteiger partial charge on any atom is 0.310 e. The second-order valence-corrected chi connectivity index (χ2v) is 8.51. The van der Waals surface area contributed by atoms with Crippen molar-refractivity contribution in [3.8, 4) is 11.5 Å². The Balaban J connectivity index is 1.30. The average molecular weight is 436 g/mol. The summed E-state index contributed by atoms with van der Waals surface area (Å²) < 4.78 is 15.9. The monoisotopic (exact) mass is 436 g/mol. The number of rotatable bonds is 6. The molecule has 166 valence electrons. The van der Waals surface area contributed by atoms with Crippen LogP contribution in [0.5, 0.6) is 11.5 Å². The van der Waals surface area contributed by atoms with Crippen LogP contribution in [-0.4, -0.2) is 38.1 Å². The van der Waals surface area contributed by atoms with E-state index in [-0.39, 0.29) is 47.6 Å². The molecule has 1 saturated heterocycles. The number of amides is 2. The summed E-state index contributed by atoms with van der Waals surface area (Å²) in [6.45, 7) is 0. The summed E-state index contributed by atoms with van der Waals surface area (Å²) in [5.74, 6) is -0.0772. The van der Waals surface area contributed by atoms with E-state index < -0.39 is 0 Å². The molecule has 2 bridgehead atoms. The van der Waals surface area contributed by atoms with Gasteiger partial charge in [-0.25, -0.2) is 0 Å². The van der Waals surface area contributed by atoms with Gasteiger partial charge in [0, 0.05) is 23.2 Å². The van der Waals surface area contributed by atoms with Gasteiger partial charge in [-0.05, 0) is 49.1 Å². The lowest BCUT2D eigenvalue weighted by atomic mass is 9.79. The summed E-state index contributed by atoms with van der Waals surface area (Å²) in [6.07, 6.45) is 1.61. The Morgan fingerprint density at radius 2 is 1.88 bits per heavy atom. The van der Waals surface area contributed by atoms with Crippen LogP contribution in [0, 0.1) is 23.7 Å². The van der Waals surface area contributed by atoms with E-state index >= 15 is 0 Å². The predicted octanol–water partition coefficient (Wildman–Crippen LogP) is 3.09. The summed E-state index contributed by atoms with van der Waals surface area (Å²) in [6, 6.07) is 11.8. The van der Waals surface area contributed by atoms with Gasteiger partial charge in [0.2, 0.25) is 5.91 Å². The van der Waals surface area contributed by atoms with E-state index in [0.717, 1.165) is 12.8 Å². The number of fused-ring (bicyclic) bond motifs is 1. The van der Waals surface area contributed by atoms with Gasteiger partial charge in [0.05, 0.1) is 31.7 Å². The molecule has 5 rings (SSSR count). The summed E-state index contributed by atoms with van der Waals surface area (Å²) >= 11 is 0. The molecule has 0 unspecified atom stereocenters. The first kappa shape index (κ1) is 20.4. The van der Waals surface area contributed by atoms with Crippen LogP contribution in [0.4, 0.5) is 11.4 Å². The van der Waals surface area contributed by atoms with Crippen molar-refractivity contribution < 1.29 is 28.6 Å². The number of carbonyl (C=O) groups excluding carboxylic acids is 3. The van der Waals surface area contributed by atoms with Gasteiger partial charge < -0.3 is 24.8 Å². The van der Waals surface area contributed by atoms with Crippen molar-refractivity contribution in [3.05, 3.63) is 48.0 Å². The van der Waals surface area contributed by atoms with Crippen LogP contribution in [0.3, 0.4) is 0 Å². The zero-order valence-corrected chi connectivity index (χ0v) is 17.8. The summed E-state index contributed by atoms with van der Waals surface area (Å²) in [4.78, 5) is 38.1. The van der Waals surface area contributed by atoms with Crippen molar-refractivity contribution in [2.24, 2.45) is 23.7 Å². The van der Waals surface area contributed by atoms with Gasteiger partial charge in [0.25, 0.3) is 5.91 Å². The quantitative estimate of drug-likeness (QED) is 0.675. The molecular weight excluding hydrogens is 412 g/mol. The number of esters is 1. The smallest absolute Gasteiger partial charge is 0.310 e. The van der Waals surface area contributed by atoms with Crippen molar-refractivity contribution in [2.75, 3.05) is 24.9 Å². The molecule has 0 aromatic heterocycles. The lowest BCUT2D eigenvalue weighted by Gasteiger charge is -2.23. The van der Waals surface area contributed by atoms with E-state index in [1.807, 2.05) is 0 Å². The zero-order valence-electron chi connectivity index (χ0n) is 17.8. The molecule has 32 heavy (non-hydrogen) atoms. The third kappa shape index (κ3) is 3.36. The molecule has 2 amide bonds. The van der Waals surface area contributed by atoms with Crippen LogP contribution in [0.2, 0.25) is 0 Å². The summed E-state index contributed by atoms with van der Waals surface area (Å²) in [5.41, 5.74) is 1.36. The highest BCUT2D eigenvalue weighted by Crippen LogP contribution is 2.57. The molecule has 2 N–H and O–H groups in total. The standard InChI is InChI=1S/C24H24N2O6/c1-30-15-6-7-18(31-2)17(11-15)26-22(27)12-4-3-5-14(8-12)25-23(28)20-13-9-16-19(10-13)32-24(29)21(16)20/h3-8,11,13,16,19-21H,9-10H2,1-2H3,(H,25,28)(H,26,27)/t13-,16-,19+,20+,21-/m0/s1. The summed E-state index contributed by atoms with van der Waals surface area (Å²) in [5, 5.41) is 5.72. The van der Waals surface area contributed by atoms with Crippen molar-refractivity contribution in [1.82, 2.24) is 0 Å². The first-order chi connectivity index (χ1) is 15.5. The SMILES string of the molecule is COc1ccc(OC)c(NC(=O)c2cccc(NC(=O)[C@@H]3[C@H]4C[C@@H]5[C@@H]3C(=O)O[C@@H]5C4)c2)c1. The minimum Gasteiger partial charge on any atom is -0.497 e. The number of hydrogen-bond acceptors (Lipinski definition) is 6. The third-order valence-corrected chi connectivity index (χ3v) is 6.83. The number of carbonyl (C=O) groups is 3. The fourth-order valence-electron chi connectivity index (χ4n) is 5.43. The summed E-state index contributed by atoms with van der Waals surface area (Å²) in [7, 11) is 3.06. The predicted molar refractivity (Wildman–Crippen MR) is 116 cm³/mol. The maximum atomic E-state index is 13.0. The number of hydrogen-bond donors (Lipinski definition) is 2. The Bertz CT molecular complexity index is 1100. The van der Waals surface area contributed by atoms with Crippen LogP contribution in [0.25, 0.3) is 0 Å². The molecule has 2 aromatic carbocycles. The number of ether oxygens (including phenoxy) is 3. The molecular formula is C24H24N2O6. The third-order valence-electron chi connectivity index (χ3n) is 6.83. The van der Waals surface area contributed by atoms with Crippen molar-refractivity contribution >= 4 is 29.2 Å². The van der Waals surface area contributed by atoms with E-state index in [9.17, 15) is 14.4 Å². The van der Waals surface area contributed by atoms with Crippen LogP contribution < -0.4 is 20.1 Å². The molecule has 3 aliphatic rings. The first-order valence-corrected chi connectivity index (χ1v) is 10.6. The van der Waals surface area contributed by atoms with Crippen LogP contribution >= 0.6 is 0 Å². The highest BCUT2D eigenvalue weighted by molar-refractivity contribution is 6.06. The van der Waals surface area contributed by atoms with Gasteiger partial charge in [-0.1, -0.05) is 6.07 Å². The molecule has 5 atom stereocenters. The van der Waals surface area contributed by atoms with Gasteiger partial charge in [-0.3, -0.25) is 14.4 Å². The second-order valence-electron chi connectivity index (χ2n) is 8.51. The highest BCUT2D eigenvalue weighted by Gasteiger charge is 2.63. The number of nitrogens with one attached hydrogen (secondary N) is 2. The lowest BCUT2D eigenvalue weighted by Crippen LogP contribution is -2.35. The Morgan fingerprint density at radius 1 is 1.03 bits per heavy atom. The Labute approximate surface area is 185 Å². The van der Waals surface area contributed by atoms with Crippen LogP contribution in [0.15, 0.2) is 42.5 Å². The van der Waals surface area contributed by atoms with E-state index in [0.29, 0.717) is 28.4 Å². The average Bonchev–Trinajstić information content (AvgIpc) is 3.42. The van der Waals surface area contributed by atoms with E-state index in [2.05, 4.69) is 10.6 Å². The topological polar surface area (TPSA) is 103 Å². The second kappa shape index (κ2) is 7.85. The molecule has 0 spiro atoms. The largest absolute Gasteiger partial charge is 0.497 e. The van der Waals surface area contributed by atoms with Gasteiger partial charge in [0.15, 0.2) is 0 Å². The Hall–Kier alpha value is -3.55. The molecule has 8 heteroatoms. The Morgan fingerprint density at radius 3 is 2.66 bits per heavy atom. The molecule has 2 aliphatic carbocycles. The van der Waals surface area contributed by atoms with Crippen molar-refractivity contribution in [1.29, 1.82) is 0 Å². The first-order valence-electron chi connectivity index (χ1n) is 10.6. The fraction of sp³-hybridized carbons (Fsp3) is 0.375. The van der Waals surface area contributed by atoms with Gasteiger partial charge >= 0.3 is 5.97 Å². The van der Waals surface area contributed by atoms with Crippen molar-refractivity contribution in [3.63, 3.8) is 0 Å². The molecule has 2 aromatic rings. The lowest BCUT2D eigenvalue weighted by molar-refractivity contribution is -0.145. The van der Waals surface area contributed by atoms with Crippen molar-refractivity contribution in [2.45, 2.75) is 18.9 Å². The van der Waals surface area contributed by atoms with E-state index in [1.165, 1.54) is 7.11 Å². The minimum absolute atomic E-state index is 0.0119. The number of benzene rings is 2. The molecule has 8 nitrogen and oxygen atoms in total. The maximum absolute atomic E-state index is 13.0.